The molecule has 20 heavy (non-hydrogen) atoms. The van der Waals surface area contributed by atoms with Gasteiger partial charge in [0.1, 0.15) is 0 Å². The zero-order valence-electron chi connectivity index (χ0n) is 15.2. The fourth-order valence-electron chi connectivity index (χ4n) is 2.42. The largest absolute Gasteiger partial charge is 0.465 e. The number of carbonyl (C=O) groups excluding carboxylic acids is 1. The third kappa shape index (κ3) is 5.85. The summed E-state index contributed by atoms with van der Waals surface area (Å²) in [7, 11) is 0. The van der Waals surface area contributed by atoms with E-state index in [2.05, 4.69) is 62.3 Å². The Morgan fingerprint density at radius 2 is 1.55 bits per heavy atom. The second kappa shape index (κ2) is 6.95. The van der Waals surface area contributed by atoms with Gasteiger partial charge < -0.3 is 4.74 Å². The van der Waals surface area contributed by atoms with Gasteiger partial charge in [-0.25, -0.2) is 0 Å². The Labute approximate surface area is 126 Å². The molecule has 0 amide bonds. The Morgan fingerprint density at radius 1 is 1.05 bits per heavy atom. The maximum Gasteiger partial charge on any atom is 0.312 e. The number of rotatable bonds is 6. The van der Waals surface area contributed by atoms with E-state index >= 15 is 0 Å². The summed E-state index contributed by atoms with van der Waals surface area (Å²) in [5.74, 6) is 0.578. The molecule has 0 saturated carbocycles. The first-order valence-electron chi connectivity index (χ1n) is 8.00. The average Bonchev–Trinajstić information content (AvgIpc) is 2.24. The lowest BCUT2D eigenvalue weighted by atomic mass is 9.61. The summed E-state index contributed by atoms with van der Waals surface area (Å²) in [6, 6.07) is 0. The Bertz CT molecular complexity index is 306. The van der Waals surface area contributed by atoms with Crippen LogP contribution in [0.3, 0.4) is 0 Å². The molecule has 0 spiro atoms. The minimum Gasteiger partial charge on any atom is -0.465 e. The average molecular weight is 284 g/mol. The van der Waals surface area contributed by atoms with Crippen molar-refractivity contribution in [2.75, 3.05) is 6.61 Å². The van der Waals surface area contributed by atoms with Crippen molar-refractivity contribution in [1.82, 2.24) is 0 Å². The Morgan fingerprint density at radius 3 is 1.90 bits per heavy atom. The molecule has 2 heteroatoms. The van der Waals surface area contributed by atoms with Crippen molar-refractivity contribution in [2.45, 2.75) is 81.6 Å². The topological polar surface area (TPSA) is 26.3 Å². The normalized spacial score (nSPS) is 17.4. The van der Waals surface area contributed by atoms with Gasteiger partial charge in [0.2, 0.25) is 0 Å². The Kier molecular flexibility index (Phi) is 6.77. The lowest BCUT2D eigenvalue weighted by Gasteiger charge is -2.43. The summed E-state index contributed by atoms with van der Waals surface area (Å²) in [5.41, 5.74) is -0.438. The molecule has 0 aliphatic carbocycles. The second-order valence-electron chi connectivity index (χ2n) is 8.76. The first kappa shape index (κ1) is 19.5. The highest BCUT2D eigenvalue weighted by Crippen LogP contribution is 2.47. The van der Waals surface area contributed by atoms with Crippen LogP contribution >= 0.6 is 0 Å². The maximum absolute atomic E-state index is 12.6. The summed E-state index contributed by atoms with van der Waals surface area (Å²) in [6.07, 6.45) is 2.93. The van der Waals surface area contributed by atoms with Crippen LogP contribution in [0.25, 0.3) is 0 Å². The number of ether oxygens (including phenoxy) is 1. The van der Waals surface area contributed by atoms with Gasteiger partial charge in [-0.05, 0) is 36.5 Å². The molecule has 0 heterocycles. The summed E-state index contributed by atoms with van der Waals surface area (Å²) in [4.78, 5) is 12.6. The van der Waals surface area contributed by atoms with Crippen LogP contribution in [0.4, 0.5) is 0 Å². The Hall–Kier alpha value is -0.530. The molecule has 0 aromatic heterocycles. The van der Waals surface area contributed by atoms with Crippen molar-refractivity contribution < 1.29 is 9.53 Å². The van der Waals surface area contributed by atoms with Gasteiger partial charge in [-0.2, -0.15) is 0 Å². The van der Waals surface area contributed by atoms with E-state index in [0.717, 1.165) is 19.3 Å². The van der Waals surface area contributed by atoms with Crippen molar-refractivity contribution in [3.8, 4) is 0 Å². The minimum absolute atomic E-state index is 0.0387. The van der Waals surface area contributed by atoms with Crippen LogP contribution in [0.2, 0.25) is 0 Å². The summed E-state index contributed by atoms with van der Waals surface area (Å²) >= 11 is 0. The van der Waals surface area contributed by atoms with Gasteiger partial charge >= 0.3 is 5.97 Å². The van der Waals surface area contributed by atoms with Gasteiger partial charge in [0.05, 0.1) is 12.0 Å². The lowest BCUT2D eigenvalue weighted by molar-refractivity contribution is -0.165. The zero-order valence-corrected chi connectivity index (χ0v) is 15.2. The van der Waals surface area contributed by atoms with E-state index in [0.29, 0.717) is 12.5 Å². The van der Waals surface area contributed by atoms with E-state index in [4.69, 9.17) is 4.74 Å². The summed E-state index contributed by atoms with van der Waals surface area (Å²) in [5, 5.41) is 0. The molecule has 2 unspecified atom stereocenters. The van der Waals surface area contributed by atoms with E-state index < -0.39 is 5.41 Å². The lowest BCUT2D eigenvalue weighted by Crippen LogP contribution is -2.44. The third-order valence-electron chi connectivity index (χ3n) is 4.53. The van der Waals surface area contributed by atoms with Crippen LogP contribution in [0.5, 0.6) is 0 Å². The van der Waals surface area contributed by atoms with Crippen LogP contribution in [-0.4, -0.2) is 12.6 Å². The van der Waals surface area contributed by atoms with Crippen molar-refractivity contribution in [3.63, 3.8) is 0 Å². The SMILES string of the molecule is CCC(C)CCOC(=O)C(C)(CC(C)(C)C)C(C)(C)C. The van der Waals surface area contributed by atoms with Gasteiger partial charge in [-0.15, -0.1) is 0 Å². The molecule has 0 aromatic rings. The molecule has 0 aliphatic rings. The fourth-order valence-corrected chi connectivity index (χ4v) is 2.42. The van der Waals surface area contributed by atoms with E-state index in [1.165, 1.54) is 0 Å². The van der Waals surface area contributed by atoms with Gasteiger partial charge in [0.25, 0.3) is 0 Å². The standard InChI is InChI=1S/C18H36O2/c1-10-14(2)11-12-20-15(19)18(9,17(6,7)8)13-16(3,4)5/h14H,10-13H2,1-9H3. The molecule has 0 saturated heterocycles. The smallest absolute Gasteiger partial charge is 0.312 e. The van der Waals surface area contributed by atoms with E-state index in [-0.39, 0.29) is 16.8 Å². The minimum atomic E-state index is -0.444. The molecule has 0 bridgehead atoms. The van der Waals surface area contributed by atoms with E-state index in [9.17, 15) is 4.79 Å². The van der Waals surface area contributed by atoms with Crippen LogP contribution in [-0.2, 0) is 9.53 Å². The number of esters is 1. The third-order valence-corrected chi connectivity index (χ3v) is 4.53. The second-order valence-corrected chi connectivity index (χ2v) is 8.76. The highest BCUT2D eigenvalue weighted by Gasteiger charge is 2.47. The van der Waals surface area contributed by atoms with Crippen LogP contribution in [0, 0.1) is 22.2 Å². The van der Waals surface area contributed by atoms with Gasteiger partial charge in [-0.1, -0.05) is 61.8 Å². The van der Waals surface area contributed by atoms with E-state index in [1.807, 2.05) is 0 Å². The number of carbonyl (C=O) groups is 1. The van der Waals surface area contributed by atoms with Crippen molar-refractivity contribution in [1.29, 1.82) is 0 Å². The van der Waals surface area contributed by atoms with Crippen LogP contribution in [0.15, 0.2) is 0 Å². The van der Waals surface area contributed by atoms with E-state index in [1.54, 1.807) is 0 Å². The monoisotopic (exact) mass is 284 g/mol. The van der Waals surface area contributed by atoms with Gasteiger partial charge in [-0.3, -0.25) is 4.79 Å². The summed E-state index contributed by atoms with van der Waals surface area (Å²) < 4.78 is 5.61. The molecule has 0 fully saturated rings. The highest BCUT2D eigenvalue weighted by molar-refractivity contribution is 5.77. The maximum atomic E-state index is 12.6. The van der Waals surface area contributed by atoms with Gasteiger partial charge in [0.15, 0.2) is 0 Å². The molecular weight excluding hydrogens is 248 g/mol. The molecule has 120 valence electrons. The highest BCUT2D eigenvalue weighted by atomic mass is 16.5. The van der Waals surface area contributed by atoms with Crippen molar-refractivity contribution >= 4 is 5.97 Å². The molecule has 0 radical (unpaired) electrons. The molecule has 0 aliphatic heterocycles. The molecule has 0 N–H and O–H groups in total. The fraction of sp³-hybridized carbons (Fsp3) is 0.944. The molecule has 2 nitrogen and oxygen atoms in total. The molecule has 2 atom stereocenters. The Balaban J connectivity index is 4.84. The van der Waals surface area contributed by atoms with Crippen molar-refractivity contribution in [3.05, 3.63) is 0 Å². The molecule has 0 aromatic carbocycles. The van der Waals surface area contributed by atoms with Crippen LogP contribution < -0.4 is 0 Å². The number of hydrogen-bond acceptors (Lipinski definition) is 2. The summed E-state index contributed by atoms with van der Waals surface area (Å²) in [6.45, 7) is 19.9. The van der Waals surface area contributed by atoms with Crippen molar-refractivity contribution in [2.24, 2.45) is 22.2 Å². The predicted octanol–water partition coefficient (Wildman–Crippen LogP) is 5.45. The first-order chi connectivity index (χ1) is 8.83. The predicted molar refractivity (Wildman–Crippen MR) is 86.7 cm³/mol. The molecule has 0 rings (SSSR count). The quantitative estimate of drug-likeness (QED) is 0.606. The van der Waals surface area contributed by atoms with Gasteiger partial charge in [0, 0.05) is 0 Å². The molecular formula is C18H36O2. The first-order valence-corrected chi connectivity index (χ1v) is 8.00. The van der Waals surface area contributed by atoms with Crippen LogP contribution in [0.1, 0.15) is 81.6 Å². The zero-order chi connectivity index (χ0) is 16.2. The number of hydrogen-bond donors (Lipinski definition) is 0.